The lowest BCUT2D eigenvalue weighted by Crippen LogP contribution is -2.47. The van der Waals surface area contributed by atoms with Gasteiger partial charge >= 0.3 is 0 Å². The fourth-order valence-electron chi connectivity index (χ4n) is 2.66. The first-order valence-electron chi connectivity index (χ1n) is 7.78. The summed E-state index contributed by atoms with van der Waals surface area (Å²) in [6.07, 6.45) is 1.60. The molecule has 22 heavy (non-hydrogen) atoms. The number of carbonyl (C=O) groups is 2. The van der Waals surface area contributed by atoms with Crippen molar-refractivity contribution in [2.45, 2.75) is 32.7 Å². The molecule has 1 aliphatic rings. The normalized spacial score (nSPS) is 19.6. The average Bonchev–Trinajstić information content (AvgIpc) is 2.54. The maximum atomic E-state index is 12.5. The van der Waals surface area contributed by atoms with Crippen molar-refractivity contribution in [3.05, 3.63) is 35.4 Å². The molecule has 1 aliphatic heterocycles. The summed E-state index contributed by atoms with van der Waals surface area (Å²) < 4.78 is 0. The van der Waals surface area contributed by atoms with E-state index in [1.165, 1.54) is 0 Å². The van der Waals surface area contributed by atoms with E-state index < -0.39 is 0 Å². The van der Waals surface area contributed by atoms with Crippen LogP contribution in [0.4, 0.5) is 0 Å². The number of hydrogen-bond donors (Lipinski definition) is 2. The second-order valence-corrected chi connectivity index (χ2v) is 6.05. The van der Waals surface area contributed by atoms with Crippen LogP contribution in [0.2, 0.25) is 0 Å². The molecule has 1 heterocycles. The summed E-state index contributed by atoms with van der Waals surface area (Å²) >= 11 is 0. The molecule has 0 saturated carbocycles. The first-order chi connectivity index (χ1) is 10.5. The van der Waals surface area contributed by atoms with Crippen LogP contribution in [0, 0.1) is 12.8 Å². The zero-order valence-electron chi connectivity index (χ0n) is 13.2. The Bertz CT molecular complexity index is 527. The Balaban J connectivity index is 1.99. The first kappa shape index (κ1) is 16.5. The van der Waals surface area contributed by atoms with Crippen molar-refractivity contribution in [3.63, 3.8) is 0 Å². The lowest BCUT2D eigenvalue weighted by Gasteiger charge is -2.32. The number of benzene rings is 1. The molecule has 5 nitrogen and oxygen atoms in total. The van der Waals surface area contributed by atoms with E-state index in [0.29, 0.717) is 18.7 Å². The van der Waals surface area contributed by atoms with Gasteiger partial charge < -0.3 is 15.3 Å². The second-order valence-electron chi connectivity index (χ2n) is 6.05. The zero-order chi connectivity index (χ0) is 16.1. The molecule has 0 aliphatic carbocycles. The molecule has 1 fully saturated rings. The largest absolute Gasteiger partial charge is 0.394 e. The van der Waals surface area contributed by atoms with Crippen molar-refractivity contribution in [1.82, 2.24) is 10.2 Å². The highest BCUT2D eigenvalue weighted by Crippen LogP contribution is 2.19. The quantitative estimate of drug-likeness (QED) is 0.882. The lowest BCUT2D eigenvalue weighted by atomic mass is 9.96. The number of nitrogens with one attached hydrogen (secondary N) is 1. The van der Waals surface area contributed by atoms with E-state index in [0.717, 1.165) is 18.4 Å². The van der Waals surface area contributed by atoms with Crippen molar-refractivity contribution in [2.24, 2.45) is 5.92 Å². The highest BCUT2D eigenvalue weighted by atomic mass is 16.3. The standard InChI is InChI=1S/C17H24N2O3/c1-12-5-7-14(8-6-12)17(22)19-9-3-4-15(10-19)16(21)18-13(2)11-20/h5-8,13,15,20H,3-4,9-11H2,1-2H3,(H,18,21). The van der Waals surface area contributed by atoms with E-state index >= 15 is 0 Å². The van der Waals surface area contributed by atoms with Gasteiger partial charge in [0.2, 0.25) is 5.91 Å². The molecule has 2 rings (SSSR count). The molecule has 0 radical (unpaired) electrons. The zero-order valence-corrected chi connectivity index (χ0v) is 13.2. The summed E-state index contributed by atoms with van der Waals surface area (Å²) in [5.41, 5.74) is 1.78. The van der Waals surface area contributed by atoms with Gasteiger partial charge in [-0.25, -0.2) is 0 Å². The molecule has 2 unspecified atom stereocenters. The van der Waals surface area contributed by atoms with E-state index in [4.69, 9.17) is 5.11 Å². The Kier molecular flexibility index (Phi) is 5.55. The molecule has 120 valence electrons. The van der Waals surface area contributed by atoms with E-state index in [1.54, 1.807) is 11.8 Å². The molecule has 2 amide bonds. The molecular formula is C17H24N2O3. The van der Waals surface area contributed by atoms with Gasteiger partial charge in [-0.3, -0.25) is 9.59 Å². The summed E-state index contributed by atoms with van der Waals surface area (Å²) in [6, 6.07) is 7.24. The molecule has 0 aromatic heterocycles. The van der Waals surface area contributed by atoms with Gasteiger partial charge in [0.1, 0.15) is 0 Å². The molecule has 2 N–H and O–H groups in total. The lowest BCUT2D eigenvalue weighted by molar-refractivity contribution is -0.127. The summed E-state index contributed by atoms with van der Waals surface area (Å²) in [6.45, 7) is 4.79. The van der Waals surface area contributed by atoms with Crippen LogP contribution in [0.5, 0.6) is 0 Å². The van der Waals surface area contributed by atoms with Gasteiger partial charge in [-0.05, 0) is 38.8 Å². The average molecular weight is 304 g/mol. The molecule has 5 heteroatoms. The van der Waals surface area contributed by atoms with Crippen molar-refractivity contribution in [2.75, 3.05) is 19.7 Å². The minimum atomic E-state index is -0.254. The van der Waals surface area contributed by atoms with Crippen LogP contribution in [0.1, 0.15) is 35.7 Å². The van der Waals surface area contributed by atoms with E-state index in [-0.39, 0.29) is 30.4 Å². The molecule has 1 aromatic carbocycles. The monoisotopic (exact) mass is 304 g/mol. The number of aliphatic hydroxyl groups is 1. The number of aryl methyl sites for hydroxylation is 1. The van der Waals surface area contributed by atoms with Crippen molar-refractivity contribution in [1.29, 1.82) is 0 Å². The van der Waals surface area contributed by atoms with Crippen LogP contribution in [0.25, 0.3) is 0 Å². The van der Waals surface area contributed by atoms with Gasteiger partial charge in [-0.15, -0.1) is 0 Å². The third-order valence-corrected chi connectivity index (χ3v) is 4.04. The summed E-state index contributed by atoms with van der Waals surface area (Å²) in [5.74, 6) is -0.298. The van der Waals surface area contributed by atoms with Gasteiger partial charge in [0.05, 0.1) is 12.5 Å². The Labute approximate surface area is 131 Å². The number of aliphatic hydroxyl groups excluding tert-OH is 1. The van der Waals surface area contributed by atoms with Crippen molar-refractivity contribution in [3.8, 4) is 0 Å². The van der Waals surface area contributed by atoms with Crippen molar-refractivity contribution < 1.29 is 14.7 Å². The highest BCUT2D eigenvalue weighted by molar-refractivity contribution is 5.94. The number of hydrogen-bond acceptors (Lipinski definition) is 3. The molecular weight excluding hydrogens is 280 g/mol. The smallest absolute Gasteiger partial charge is 0.253 e. The van der Waals surface area contributed by atoms with Crippen LogP contribution in [0.15, 0.2) is 24.3 Å². The molecule has 2 atom stereocenters. The van der Waals surface area contributed by atoms with Crippen molar-refractivity contribution >= 4 is 11.8 Å². The fraction of sp³-hybridized carbons (Fsp3) is 0.529. The van der Waals surface area contributed by atoms with E-state index in [2.05, 4.69) is 5.32 Å². The van der Waals surface area contributed by atoms with Gasteiger partial charge in [0.15, 0.2) is 0 Å². The van der Waals surface area contributed by atoms with Gasteiger partial charge in [0, 0.05) is 24.7 Å². The van der Waals surface area contributed by atoms with Crippen LogP contribution in [0.3, 0.4) is 0 Å². The predicted octanol–water partition coefficient (Wildman–Crippen LogP) is 1.34. The molecule has 1 saturated heterocycles. The third-order valence-electron chi connectivity index (χ3n) is 4.04. The molecule has 0 bridgehead atoms. The predicted molar refractivity (Wildman–Crippen MR) is 84.5 cm³/mol. The maximum Gasteiger partial charge on any atom is 0.253 e. The number of nitrogens with zero attached hydrogens (tertiary/aromatic N) is 1. The van der Waals surface area contributed by atoms with Crippen LogP contribution in [-0.4, -0.2) is 47.6 Å². The topological polar surface area (TPSA) is 69.6 Å². The van der Waals surface area contributed by atoms with Gasteiger partial charge in [-0.1, -0.05) is 17.7 Å². The van der Waals surface area contributed by atoms with E-state index in [1.807, 2.05) is 31.2 Å². The Morgan fingerprint density at radius 1 is 1.36 bits per heavy atom. The summed E-state index contributed by atoms with van der Waals surface area (Å²) in [4.78, 5) is 26.4. The second kappa shape index (κ2) is 7.40. The fourth-order valence-corrected chi connectivity index (χ4v) is 2.66. The van der Waals surface area contributed by atoms with Gasteiger partial charge in [-0.2, -0.15) is 0 Å². The number of likely N-dealkylation sites (tertiary alicyclic amines) is 1. The van der Waals surface area contributed by atoms with Crippen LogP contribution < -0.4 is 5.32 Å². The van der Waals surface area contributed by atoms with Gasteiger partial charge in [0.25, 0.3) is 5.91 Å². The Morgan fingerprint density at radius 3 is 2.68 bits per heavy atom. The third kappa shape index (κ3) is 4.07. The summed E-state index contributed by atoms with van der Waals surface area (Å²) in [7, 11) is 0. The maximum absolute atomic E-state index is 12.5. The van der Waals surface area contributed by atoms with Crippen LogP contribution >= 0.6 is 0 Å². The number of carbonyl (C=O) groups excluding carboxylic acids is 2. The summed E-state index contributed by atoms with van der Waals surface area (Å²) in [5, 5.41) is 11.8. The Hall–Kier alpha value is -1.88. The minimum absolute atomic E-state index is 0.0206. The Morgan fingerprint density at radius 2 is 2.05 bits per heavy atom. The molecule has 1 aromatic rings. The molecule has 0 spiro atoms. The minimum Gasteiger partial charge on any atom is -0.394 e. The highest BCUT2D eigenvalue weighted by Gasteiger charge is 2.29. The number of rotatable bonds is 4. The number of amides is 2. The first-order valence-corrected chi connectivity index (χ1v) is 7.78. The SMILES string of the molecule is Cc1ccc(C(=O)N2CCCC(C(=O)NC(C)CO)C2)cc1. The van der Waals surface area contributed by atoms with Crippen LogP contribution in [-0.2, 0) is 4.79 Å². The van der Waals surface area contributed by atoms with E-state index in [9.17, 15) is 9.59 Å². The number of piperidine rings is 1.